The van der Waals surface area contributed by atoms with Gasteiger partial charge in [-0.25, -0.2) is 9.59 Å². The summed E-state index contributed by atoms with van der Waals surface area (Å²) < 4.78 is 47.9. The van der Waals surface area contributed by atoms with Gasteiger partial charge >= 0.3 is 18.3 Å². The summed E-state index contributed by atoms with van der Waals surface area (Å²) in [7, 11) is 0. The van der Waals surface area contributed by atoms with Gasteiger partial charge in [-0.2, -0.15) is 13.2 Å². The fourth-order valence-corrected chi connectivity index (χ4v) is 2.75. The number of esters is 1. The van der Waals surface area contributed by atoms with Crippen LogP contribution in [0.5, 0.6) is 0 Å². The third-order valence-corrected chi connectivity index (χ3v) is 4.33. The minimum absolute atomic E-state index is 0.0353. The Morgan fingerprint density at radius 1 is 0.897 bits per heavy atom. The van der Waals surface area contributed by atoms with Crippen LogP contribution in [0.4, 0.5) is 18.0 Å². The van der Waals surface area contributed by atoms with Crippen LogP contribution in [0.15, 0.2) is 54.6 Å². The van der Waals surface area contributed by atoms with Crippen LogP contribution in [0.3, 0.4) is 0 Å². The van der Waals surface area contributed by atoms with Crippen molar-refractivity contribution < 1.29 is 32.2 Å². The van der Waals surface area contributed by atoms with Gasteiger partial charge in [0.25, 0.3) is 0 Å². The van der Waals surface area contributed by atoms with Gasteiger partial charge < -0.3 is 9.47 Å². The topological polar surface area (TPSA) is 52.6 Å². The molecule has 0 saturated carbocycles. The Labute approximate surface area is 167 Å². The highest BCUT2D eigenvalue weighted by molar-refractivity contribution is 5.95. The fraction of sp³-hybridized carbons (Fsp3) is 0.364. The third-order valence-electron chi connectivity index (χ3n) is 4.33. The number of halogens is 3. The zero-order valence-electron chi connectivity index (χ0n) is 16.1. The molecule has 0 fully saturated rings. The maximum Gasteiger partial charge on any atom is 0.517 e. The number of alkyl halides is 3. The lowest BCUT2D eigenvalue weighted by Gasteiger charge is -2.19. The van der Waals surface area contributed by atoms with E-state index in [0.29, 0.717) is 6.42 Å². The predicted molar refractivity (Wildman–Crippen MR) is 102 cm³/mol. The summed E-state index contributed by atoms with van der Waals surface area (Å²) in [5, 5.41) is 0. The number of carbonyl (C=O) groups is 2. The van der Waals surface area contributed by atoms with Crippen LogP contribution < -0.4 is 0 Å². The monoisotopic (exact) mass is 408 g/mol. The summed E-state index contributed by atoms with van der Waals surface area (Å²) in [4.78, 5) is 23.7. The van der Waals surface area contributed by atoms with E-state index in [0.717, 1.165) is 24.0 Å². The van der Waals surface area contributed by atoms with Crippen molar-refractivity contribution in [1.82, 2.24) is 0 Å². The Morgan fingerprint density at radius 2 is 1.52 bits per heavy atom. The first-order valence-corrected chi connectivity index (χ1v) is 9.46. The molecule has 4 nitrogen and oxygen atoms in total. The van der Waals surface area contributed by atoms with Crippen molar-refractivity contribution in [3.05, 3.63) is 60.2 Å². The molecule has 2 rings (SSSR count). The lowest BCUT2D eigenvalue weighted by atomic mass is 10.0. The Hall–Kier alpha value is -2.83. The molecule has 156 valence electrons. The van der Waals surface area contributed by atoms with Gasteiger partial charge in [-0.1, -0.05) is 68.7 Å². The summed E-state index contributed by atoms with van der Waals surface area (Å²) >= 11 is 0. The van der Waals surface area contributed by atoms with Gasteiger partial charge in [0.15, 0.2) is 0 Å². The van der Waals surface area contributed by atoms with E-state index in [4.69, 9.17) is 0 Å². The van der Waals surface area contributed by atoms with Crippen molar-refractivity contribution in [3.8, 4) is 11.1 Å². The molecule has 1 atom stereocenters. The molecule has 0 bridgehead atoms. The van der Waals surface area contributed by atoms with E-state index in [1.54, 1.807) is 12.1 Å². The predicted octanol–water partition coefficient (Wildman–Crippen LogP) is 6.55. The van der Waals surface area contributed by atoms with Gasteiger partial charge in [0.1, 0.15) is 0 Å². The summed E-state index contributed by atoms with van der Waals surface area (Å²) in [5.74, 6) is -1.07. The molecule has 0 saturated heterocycles. The van der Waals surface area contributed by atoms with Crippen molar-refractivity contribution >= 4 is 12.1 Å². The standard InChI is InChI=1S/C22H23F3O4/c1-2-3-4-8-11-19(22(23,24)25)28-21(27)29-20(26)18-14-12-17(13-15-18)16-9-6-5-7-10-16/h5-7,9-10,12-15,19H,2-4,8,11H2,1H3. The van der Waals surface area contributed by atoms with Crippen LogP contribution in [-0.2, 0) is 9.47 Å². The van der Waals surface area contributed by atoms with E-state index < -0.39 is 24.4 Å². The number of rotatable bonds is 8. The molecule has 0 aromatic heterocycles. The third kappa shape index (κ3) is 7.25. The van der Waals surface area contributed by atoms with Gasteiger partial charge in [0.05, 0.1) is 5.56 Å². The highest BCUT2D eigenvalue weighted by atomic mass is 19.4. The van der Waals surface area contributed by atoms with E-state index in [9.17, 15) is 22.8 Å². The zero-order chi connectivity index (χ0) is 21.3. The molecule has 0 amide bonds. The van der Waals surface area contributed by atoms with E-state index in [1.165, 1.54) is 12.1 Å². The average Bonchev–Trinajstić information content (AvgIpc) is 2.70. The number of ether oxygens (including phenoxy) is 2. The van der Waals surface area contributed by atoms with Gasteiger partial charge in [-0.15, -0.1) is 0 Å². The van der Waals surface area contributed by atoms with E-state index in [2.05, 4.69) is 9.47 Å². The average molecular weight is 408 g/mol. The molecule has 0 aliphatic carbocycles. The highest BCUT2D eigenvalue weighted by Gasteiger charge is 2.43. The quantitative estimate of drug-likeness (QED) is 0.282. The van der Waals surface area contributed by atoms with Crippen molar-refractivity contribution in [2.24, 2.45) is 0 Å². The molecule has 0 spiro atoms. The molecule has 29 heavy (non-hydrogen) atoms. The summed E-state index contributed by atoms with van der Waals surface area (Å²) in [6.45, 7) is 1.94. The molecule has 1 unspecified atom stereocenters. The van der Waals surface area contributed by atoms with Crippen LogP contribution in [0.2, 0.25) is 0 Å². The molecule has 2 aromatic carbocycles. The lowest BCUT2D eigenvalue weighted by Crippen LogP contribution is -2.34. The lowest BCUT2D eigenvalue weighted by molar-refractivity contribution is -0.209. The number of hydrogen-bond donors (Lipinski definition) is 0. The van der Waals surface area contributed by atoms with E-state index in [1.807, 2.05) is 37.3 Å². The second-order valence-corrected chi connectivity index (χ2v) is 6.58. The Morgan fingerprint density at radius 3 is 2.10 bits per heavy atom. The second-order valence-electron chi connectivity index (χ2n) is 6.58. The van der Waals surface area contributed by atoms with Crippen molar-refractivity contribution in [2.45, 2.75) is 51.3 Å². The molecule has 2 aromatic rings. The minimum Gasteiger partial charge on any atom is -0.421 e. The van der Waals surface area contributed by atoms with Crippen LogP contribution in [0, 0.1) is 0 Å². The Kier molecular flexibility index (Phi) is 8.24. The van der Waals surface area contributed by atoms with E-state index >= 15 is 0 Å². The number of benzene rings is 2. The van der Waals surface area contributed by atoms with E-state index in [-0.39, 0.29) is 18.4 Å². The summed E-state index contributed by atoms with van der Waals surface area (Å²) in [6.07, 6.45) is -6.48. The van der Waals surface area contributed by atoms with Crippen LogP contribution in [0.1, 0.15) is 49.4 Å². The molecule has 0 aliphatic rings. The zero-order valence-corrected chi connectivity index (χ0v) is 16.1. The maximum atomic E-state index is 13.0. The molecular formula is C22H23F3O4. The van der Waals surface area contributed by atoms with Gasteiger partial charge in [0, 0.05) is 0 Å². The number of hydrogen-bond acceptors (Lipinski definition) is 4. The smallest absolute Gasteiger partial charge is 0.421 e. The maximum absolute atomic E-state index is 13.0. The van der Waals surface area contributed by atoms with Crippen LogP contribution in [-0.4, -0.2) is 24.4 Å². The largest absolute Gasteiger partial charge is 0.517 e. The van der Waals surface area contributed by atoms with Crippen molar-refractivity contribution in [2.75, 3.05) is 0 Å². The first kappa shape index (κ1) is 22.5. The molecule has 0 aliphatic heterocycles. The first-order valence-electron chi connectivity index (χ1n) is 9.46. The number of carbonyl (C=O) groups excluding carboxylic acids is 2. The molecular weight excluding hydrogens is 385 g/mol. The van der Waals surface area contributed by atoms with Crippen molar-refractivity contribution in [3.63, 3.8) is 0 Å². The Bertz CT molecular complexity index is 786. The minimum atomic E-state index is -4.72. The highest BCUT2D eigenvalue weighted by Crippen LogP contribution is 2.28. The van der Waals surface area contributed by atoms with Gasteiger partial charge in [-0.3, -0.25) is 0 Å². The SMILES string of the molecule is CCCCCCC(OC(=O)OC(=O)c1ccc(-c2ccccc2)cc1)C(F)(F)F. The van der Waals surface area contributed by atoms with Gasteiger partial charge in [0.2, 0.25) is 6.10 Å². The van der Waals surface area contributed by atoms with Gasteiger partial charge in [-0.05, 0) is 36.1 Å². The number of unbranched alkanes of at least 4 members (excludes halogenated alkanes) is 3. The molecule has 0 radical (unpaired) electrons. The van der Waals surface area contributed by atoms with Crippen LogP contribution >= 0.6 is 0 Å². The Balaban J connectivity index is 1.93. The molecule has 0 N–H and O–H groups in total. The second kappa shape index (κ2) is 10.6. The summed E-state index contributed by atoms with van der Waals surface area (Å²) in [5.41, 5.74) is 1.81. The van der Waals surface area contributed by atoms with Crippen molar-refractivity contribution in [1.29, 1.82) is 0 Å². The van der Waals surface area contributed by atoms with Crippen LogP contribution in [0.25, 0.3) is 11.1 Å². The normalized spacial score (nSPS) is 12.3. The molecule has 7 heteroatoms. The fourth-order valence-electron chi connectivity index (χ4n) is 2.75. The molecule has 0 heterocycles. The first-order chi connectivity index (χ1) is 13.8. The summed E-state index contributed by atoms with van der Waals surface area (Å²) in [6, 6.07) is 15.6.